The Morgan fingerprint density at radius 3 is 1.46 bits per heavy atom. The standard InChI is InChI=1S/C8H12O4.CH4/c9-7(10)5-3-1-2-4-6(5)8(11)12;/h5-6H,1-4H2,(H,9,10)(H,11,12);1H4. The van der Waals surface area contributed by atoms with Crippen LogP contribution in [0.5, 0.6) is 0 Å². The molecule has 1 aliphatic carbocycles. The van der Waals surface area contributed by atoms with Gasteiger partial charge in [0, 0.05) is 0 Å². The van der Waals surface area contributed by atoms with Crippen molar-refractivity contribution in [1.29, 1.82) is 0 Å². The molecule has 0 heterocycles. The first-order valence-corrected chi connectivity index (χ1v) is 4.08. The fourth-order valence-corrected chi connectivity index (χ4v) is 1.72. The zero-order chi connectivity index (χ0) is 9.14. The molecule has 0 bridgehead atoms. The highest BCUT2D eigenvalue weighted by Crippen LogP contribution is 2.30. The minimum absolute atomic E-state index is 0. The minimum atomic E-state index is -0.970. The number of aliphatic carboxylic acids is 2. The molecule has 0 aromatic rings. The summed E-state index contributed by atoms with van der Waals surface area (Å²) in [5.74, 6) is -3.28. The summed E-state index contributed by atoms with van der Waals surface area (Å²) in [6.45, 7) is 0. The Morgan fingerprint density at radius 2 is 1.23 bits per heavy atom. The van der Waals surface area contributed by atoms with E-state index >= 15 is 0 Å². The lowest BCUT2D eigenvalue weighted by Crippen LogP contribution is -2.32. The van der Waals surface area contributed by atoms with E-state index in [9.17, 15) is 9.59 Å². The molecule has 0 saturated heterocycles. The van der Waals surface area contributed by atoms with Gasteiger partial charge in [0.1, 0.15) is 0 Å². The quantitative estimate of drug-likeness (QED) is 0.690. The fraction of sp³-hybridized carbons (Fsp3) is 0.778. The van der Waals surface area contributed by atoms with E-state index in [0.717, 1.165) is 12.8 Å². The van der Waals surface area contributed by atoms with Crippen molar-refractivity contribution in [3.8, 4) is 0 Å². The molecule has 0 aromatic heterocycles. The van der Waals surface area contributed by atoms with E-state index in [-0.39, 0.29) is 7.43 Å². The maximum atomic E-state index is 10.6. The van der Waals surface area contributed by atoms with E-state index in [1.54, 1.807) is 0 Å². The molecule has 1 saturated carbocycles. The maximum absolute atomic E-state index is 10.6. The summed E-state index contributed by atoms with van der Waals surface area (Å²) in [6.07, 6.45) is 2.68. The van der Waals surface area contributed by atoms with Crippen LogP contribution >= 0.6 is 0 Å². The Hall–Kier alpha value is -1.06. The lowest BCUT2D eigenvalue weighted by Gasteiger charge is -2.24. The van der Waals surface area contributed by atoms with Gasteiger partial charge in [0.15, 0.2) is 0 Å². The summed E-state index contributed by atoms with van der Waals surface area (Å²) < 4.78 is 0. The lowest BCUT2D eigenvalue weighted by molar-refractivity contribution is -0.155. The van der Waals surface area contributed by atoms with E-state index < -0.39 is 23.8 Å². The average Bonchev–Trinajstić information content (AvgIpc) is 2.04. The molecule has 0 radical (unpaired) electrons. The first kappa shape index (κ1) is 11.9. The number of hydrogen-bond acceptors (Lipinski definition) is 2. The average molecular weight is 188 g/mol. The van der Waals surface area contributed by atoms with Crippen LogP contribution in [0, 0.1) is 11.8 Å². The van der Waals surface area contributed by atoms with Gasteiger partial charge in [-0.3, -0.25) is 9.59 Å². The van der Waals surface area contributed by atoms with Gasteiger partial charge in [-0.2, -0.15) is 0 Å². The van der Waals surface area contributed by atoms with Crippen LogP contribution in [-0.2, 0) is 9.59 Å². The SMILES string of the molecule is C.O=C(O)C1CCCCC1C(=O)O. The fourth-order valence-electron chi connectivity index (χ4n) is 1.72. The Kier molecular flexibility index (Phi) is 4.45. The molecular weight excluding hydrogens is 172 g/mol. The smallest absolute Gasteiger partial charge is 0.307 e. The minimum Gasteiger partial charge on any atom is -0.481 e. The highest BCUT2D eigenvalue weighted by Gasteiger charge is 2.35. The number of hydrogen-bond donors (Lipinski definition) is 2. The molecule has 1 fully saturated rings. The van der Waals surface area contributed by atoms with Crippen molar-refractivity contribution in [3.05, 3.63) is 0 Å². The number of carboxylic acid groups (broad SMARTS) is 2. The largest absolute Gasteiger partial charge is 0.481 e. The molecule has 0 spiro atoms. The third kappa shape index (κ3) is 2.72. The third-order valence-corrected chi connectivity index (χ3v) is 2.40. The monoisotopic (exact) mass is 188 g/mol. The van der Waals surface area contributed by atoms with Crippen molar-refractivity contribution in [2.24, 2.45) is 11.8 Å². The van der Waals surface area contributed by atoms with Gasteiger partial charge in [-0.15, -0.1) is 0 Å². The van der Waals surface area contributed by atoms with Crippen molar-refractivity contribution in [1.82, 2.24) is 0 Å². The lowest BCUT2D eigenvalue weighted by atomic mass is 9.79. The molecule has 13 heavy (non-hydrogen) atoms. The Bertz CT molecular complexity index is 178. The summed E-state index contributed by atoms with van der Waals surface area (Å²) in [5.41, 5.74) is 0. The predicted octanol–water partition coefficient (Wildman–Crippen LogP) is 1.60. The third-order valence-electron chi connectivity index (χ3n) is 2.40. The maximum Gasteiger partial charge on any atom is 0.307 e. The van der Waals surface area contributed by atoms with E-state index in [4.69, 9.17) is 10.2 Å². The number of rotatable bonds is 2. The molecule has 0 amide bonds. The molecule has 4 heteroatoms. The van der Waals surface area contributed by atoms with Crippen molar-refractivity contribution in [2.45, 2.75) is 33.1 Å². The van der Waals surface area contributed by atoms with Crippen LogP contribution in [0.2, 0.25) is 0 Å². The second kappa shape index (κ2) is 4.84. The Morgan fingerprint density at radius 1 is 0.923 bits per heavy atom. The molecule has 2 N–H and O–H groups in total. The van der Waals surface area contributed by atoms with Crippen LogP contribution in [-0.4, -0.2) is 22.2 Å². The molecule has 76 valence electrons. The first-order valence-electron chi connectivity index (χ1n) is 4.08. The molecule has 0 aromatic carbocycles. The summed E-state index contributed by atoms with van der Waals surface area (Å²) in [6, 6.07) is 0. The van der Waals surface area contributed by atoms with Gasteiger partial charge >= 0.3 is 11.9 Å². The van der Waals surface area contributed by atoms with E-state index in [0.29, 0.717) is 12.8 Å². The molecule has 1 aliphatic rings. The second-order valence-electron chi connectivity index (χ2n) is 3.17. The number of carbonyl (C=O) groups is 2. The van der Waals surface area contributed by atoms with Gasteiger partial charge in [0.25, 0.3) is 0 Å². The highest BCUT2D eigenvalue weighted by molar-refractivity contribution is 5.80. The summed E-state index contributed by atoms with van der Waals surface area (Å²) in [4.78, 5) is 21.2. The Balaban J connectivity index is 0.00000144. The Labute approximate surface area is 77.6 Å². The zero-order valence-corrected chi connectivity index (χ0v) is 6.69. The molecule has 4 nitrogen and oxygen atoms in total. The van der Waals surface area contributed by atoms with Gasteiger partial charge in [-0.25, -0.2) is 0 Å². The summed E-state index contributed by atoms with van der Waals surface area (Å²) in [7, 11) is 0. The molecule has 0 aliphatic heterocycles. The molecule has 1 rings (SSSR count). The van der Waals surface area contributed by atoms with Gasteiger partial charge < -0.3 is 10.2 Å². The van der Waals surface area contributed by atoms with Gasteiger partial charge in [0.2, 0.25) is 0 Å². The van der Waals surface area contributed by atoms with E-state index in [1.165, 1.54) is 0 Å². The van der Waals surface area contributed by atoms with Crippen LogP contribution in [0.15, 0.2) is 0 Å². The van der Waals surface area contributed by atoms with E-state index in [2.05, 4.69) is 0 Å². The van der Waals surface area contributed by atoms with Crippen molar-refractivity contribution < 1.29 is 19.8 Å². The van der Waals surface area contributed by atoms with Gasteiger partial charge in [0.05, 0.1) is 11.8 Å². The first-order chi connectivity index (χ1) is 5.63. The second-order valence-corrected chi connectivity index (χ2v) is 3.17. The van der Waals surface area contributed by atoms with Crippen LogP contribution in [0.4, 0.5) is 0 Å². The molecular formula is C9H16O4. The van der Waals surface area contributed by atoms with Crippen LogP contribution in [0.25, 0.3) is 0 Å². The normalized spacial score (nSPS) is 27.4. The summed E-state index contributed by atoms with van der Waals surface area (Å²) >= 11 is 0. The predicted molar refractivity (Wildman–Crippen MR) is 47.5 cm³/mol. The van der Waals surface area contributed by atoms with Crippen LogP contribution in [0.3, 0.4) is 0 Å². The molecule has 2 atom stereocenters. The zero-order valence-electron chi connectivity index (χ0n) is 6.69. The van der Waals surface area contributed by atoms with Crippen LogP contribution < -0.4 is 0 Å². The van der Waals surface area contributed by atoms with Crippen LogP contribution in [0.1, 0.15) is 33.1 Å². The van der Waals surface area contributed by atoms with Crippen molar-refractivity contribution in [3.63, 3.8) is 0 Å². The number of carboxylic acids is 2. The summed E-state index contributed by atoms with van der Waals surface area (Å²) in [5, 5.41) is 17.4. The van der Waals surface area contributed by atoms with Gasteiger partial charge in [-0.05, 0) is 12.8 Å². The van der Waals surface area contributed by atoms with Crippen molar-refractivity contribution >= 4 is 11.9 Å². The van der Waals surface area contributed by atoms with Crippen molar-refractivity contribution in [2.75, 3.05) is 0 Å². The topological polar surface area (TPSA) is 74.6 Å². The van der Waals surface area contributed by atoms with Gasteiger partial charge in [-0.1, -0.05) is 20.3 Å². The van der Waals surface area contributed by atoms with E-state index in [1.807, 2.05) is 0 Å². The molecule has 2 unspecified atom stereocenters. The highest BCUT2D eigenvalue weighted by atomic mass is 16.4.